The van der Waals surface area contributed by atoms with Crippen LogP contribution in [0, 0.1) is 20.8 Å². The average molecular weight is 227 g/mol. The first-order valence-electron chi connectivity index (χ1n) is 5.71. The van der Waals surface area contributed by atoms with Gasteiger partial charge in [0.15, 0.2) is 5.82 Å². The molecule has 0 aliphatic rings. The fraction of sp³-hybridized carbons (Fsp3) is 0.286. The van der Waals surface area contributed by atoms with Crippen molar-refractivity contribution in [3.63, 3.8) is 0 Å². The molecule has 0 saturated heterocycles. The van der Waals surface area contributed by atoms with Gasteiger partial charge in [-0.05, 0) is 26.3 Å². The second-order valence-electron chi connectivity index (χ2n) is 4.29. The van der Waals surface area contributed by atoms with Gasteiger partial charge < -0.3 is 5.32 Å². The Labute approximate surface area is 102 Å². The van der Waals surface area contributed by atoms with Gasteiger partial charge in [-0.15, -0.1) is 0 Å². The second-order valence-corrected chi connectivity index (χ2v) is 4.29. The van der Waals surface area contributed by atoms with E-state index in [4.69, 9.17) is 0 Å². The summed E-state index contributed by atoms with van der Waals surface area (Å²) in [6, 6.07) is 6.32. The van der Waals surface area contributed by atoms with Gasteiger partial charge in [-0.2, -0.15) is 0 Å². The van der Waals surface area contributed by atoms with Gasteiger partial charge in [0, 0.05) is 24.4 Å². The summed E-state index contributed by atoms with van der Waals surface area (Å²) in [5, 5.41) is 3.09. The molecule has 1 aromatic carbocycles. The highest BCUT2D eigenvalue weighted by molar-refractivity contribution is 5.62. The first-order valence-corrected chi connectivity index (χ1v) is 5.71. The fourth-order valence-corrected chi connectivity index (χ4v) is 1.89. The number of aromatic nitrogens is 2. The van der Waals surface area contributed by atoms with E-state index in [1.54, 1.807) is 0 Å². The number of hydrogen-bond acceptors (Lipinski definition) is 3. The van der Waals surface area contributed by atoms with Crippen LogP contribution >= 0.6 is 0 Å². The molecule has 0 bridgehead atoms. The summed E-state index contributed by atoms with van der Waals surface area (Å²) in [7, 11) is 1.88. The second kappa shape index (κ2) is 4.53. The number of aryl methyl sites for hydroxylation is 3. The molecule has 0 spiro atoms. The lowest BCUT2D eigenvalue weighted by atomic mass is 10.1. The van der Waals surface area contributed by atoms with Crippen molar-refractivity contribution in [1.29, 1.82) is 0 Å². The maximum Gasteiger partial charge on any atom is 0.161 e. The van der Waals surface area contributed by atoms with Gasteiger partial charge in [0.25, 0.3) is 0 Å². The molecule has 1 N–H and O–H groups in total. The van der Waals surface area contributed by atoms with Crippen LogP contribution in [0.5, 0.6) is 0 Å². The van der Waals surface area contributed by atoms with Gasteiger partial charge in [0.1, 0.15) is 5.82 Å². The van der Waals surface area contributed by atoms with Crippen LogP contribution in [-0.4, -0.2) is 17.0 Å². The highest BCUT2D eigenvalue weighted by Gasteiger charge is 2.07. The molecular weight excluding hydrogens is 210 g/mol. The summed E-state index contributed by atoms with van der Waals surface area (Å²) in [6.45, 7) is 6.17. The largest absolute Gasteiger partial charge is 0.373 e. The van der Waals surface area contributed by atoms with Gasteiger partial charge in [0.2, 0.25) is 0 Å². The van der Waals surface area contributed by atoms with Crippen molar-refractivity contribution in [2.45, 2.75) is 20.8 Å². The van der Waals surface area contributed by atoms with Crippen molar-refractivity contribution >= 4 is 5.82 Å². The summed E-state index contributed by atoms with van der Waals surface area (Å²) in [6.07, 6.45) is 1.85. The van der Waals surface area contributed by atoms with E-state index >= 15 is 0 Å². The lowest BCUT2D eigenvalue weighted by Crippen LogP contribution is -2.00. The quantitative estimate of drug-likeness (QED) is 0.856. The van der Waals surface area contributed by atoms with Gasteiger partial charge in [0.05, 0.1) is 0 Å². The van der Waals surface area contributed by atoms with Gasteiger partial charge in [-0.1, -0.05) is 23.8 Å². The molecule has 1 heterocycles. The Kier molecular flexibility index (Phi) is 3.09. The standard InChI is InChI=1S/C14H17N3/c1-9-5-6-12(10(2)7-9)14-16-8-11(3)13(15-4)17-14/h5-8H,1-4H3,(H,15,16,17). The van der Waals surface area contributed by atoms with Crippen molar-refractivity contribution in [2.24, 2.45) is 0 Å². The molecule has 1 aromatic heterocycles. The number of nitrogens with one attached hydrogen (secondary N) is 1. The summed E-state index contributed by atoms with van der Waals surface area (Å²) in [4.78, 5) is 8.93. The van der Waals surface area contributed by atoms with Crippen LogP contribution < -0.4 is 5.32 Å². The van der Waals surface area contributed by atoms with E-state index in [9.17, 15) is 0 Å². The van der Waals surface area contributed by atoms with Gasteiger partial charge in [-0.3, -0.25) is 0 Å². The van der Waals surface area contributed by atoms with Crippen LogP contribution in [0.4, 0.5) is 5.82 Å². The number of benzene rings is 1. The lowest BCUT2D eigenvalue weighted by Gasteiger charge is -2.09. The van der Waals surface area contributed by atoms with Crippen LogP contribution in [0.25, 0.3) is 11.4 Å². The Hall–Kier alpha value is -1.90. The Morgan fingerprint density at radius 2 is 1.82 bits per heavy atom. The molecule has 0 unspecified atom stereocenters. The minimum atomic E-state index is 0.775. The SMILES string of the molecule is CNc1nc(-c2ccc(C)cc2C)ncc1C. The van der Waals surface area contributed by atoms with E-state index in [2.05, 4.69) is 47.3 Å². The Bertz CT molecular complexity index is 547. The fourth-order valence-electron chi connectivity index (χ4n) is 1.89. The van der Waals surface area contributed by atoms with E-state index < -0.39 is 0 Å². The monoisotopic (exact) mass is 227 g/mol. The minimum absolute atomic E-state index is 0.775. The minimum Gasteiger partial charge on any atom is -0.373 e. The third kappa shape index (κ3) is 2.28. The Morgan fingerprint density at radius 3 is 2.47 bits per heavy atom. The summed E-state index contributed by atoms with van der Waals surface area (Å²) in [5.74, 6) is 1.66. The van der Waals surface area contributed by atoms with Crippen LogP contribution in [0.2, 0.25) is 0 Å². The van der Waals surface area contributed by atoms with E-state index in [0.29, 0.717) is 0 Å². The molecule has 3 nitrogen and oxygen atoms in total. The normalized spacial score (nSPS) is 10.4. The molecule has 0 amide bonds. The molecule has 0 radical (unpaired) electrons. The van der Waals surface area contributed by atoms with E-state index in [0.717, 1.165) is 22.8 Å². The molecular formula is C14H17N3. The molecule has 0 saturated carbocycles. The smallest absolute Gasteiger partial charge is 0.161 e. The molecule has 3 heteroatoms. The number of rotatable bonds is 2. The average Bonchev–Trinajstić information content (AvgIpc) is 2.30. The molecule has 2 aromatic rings. The molecule has 0 aliphatic carbocycles. The summed E-state index contributed by atoms with van der Waals surface area (Å²) in [5.41, 5.74) is 4.61. The van der Waals surface area contributed by atoms with E-state index in [1.165, 1.54) is 11.1 Å². The van der Waals surface area contributed by atoms with Crippen LogP contribution in [0.1, 0.15) is 16.7 Å². The first-order chi connectivity index (χ1) is 8.11. The van der Waals surface area contributed by atoms with E-state index in [1.807, 2.05) is 20.2 Å². The highest BCUT2D eigenvalue weighted by atomic mass is 15.0. The van der Waals surface area contributed by atoms with E-state index in [-0.39, 0.29) is 0 Å². The first kappa shape index (κ1) is 11.6. The number of hydrogen-bond donors (Lipinski definition) is 1. The van der Waals surface area contributed by atoms with Crippen LogP contribution in [0.15, 0.2) is 24.4 Å². The number of nitrogens with zero attached hydrogens (tertiary/aromatic N) is 2. The summed E-state index contributed by atoms with van der Waals surface area (Å²) < 4.78 is 0. The molecule has 88 valence electrons. The zero-order valence-corrected chi connectivity index (χ0v) is 10.7. The predicted octanol–water partition coefficient (Wildman–Crippen LogP) is 3.11. The maximum absolute atomic E-state index is 4.53. The third-order valence-electron chi connectivity index (χ3n) is 2.83. The van der Waals surface area contributed by atoms with Gasteiger partial charge >= 0.3 is 0 Å². The van der Waals surface area contributed by atoms with Crippen molar-refractivity contribution in [3.05, 3.63) is 41.1 Å². The zero-order chi connectivity index (χ0) is 12.4. The third-order valence-corrected chi connectivity index (χ3v) is 2.83. The molecule has 17 heavy (non-hydrogen) atoms. The topological polar surface area (TPSA) is 37.8 Å². The summed E-state index contributed by atoms with van der Waals surface area (Å²) >= 11 is 0. The highest BCUT2D eigenvalue weighted by Crippen LogP contribution is 2.22. The Balaban J connectivity index is 2.53. The molecule has 0 aliphatic heterocycles. The molecule has 0 fully saturated rings. The number of anilines is 1. The van der Waals surface area contributed by atoms with Crippen molar-refractivity contribution in [3.8, 4) is 11.4 Å². The molecule has 0 atom stereocenters. The zero-order valence-electron chi connectivity index (χ0n) is 10.7. The van der Waals surface area contributed by atoms with Crippen molar-refractivity contribution in [2.75, 3.05) is 12.4 Å². The maximum atomic E-state index is 4.53. The van der Waals surface area contributed by atoms with Gasteiger partial charge in [-0.25, -0.2) is 9.97 Å². The van der Waals surface area contributed by atoms with Crippen LogP contribution in [-0.2, 0) is 0 Å². The van der Waals surface area contributed by atoms with Crippen molar-refractivity contribution < 1.29 is 0 Å². The van der Waals surface area contributed by atoms with Crippen LogP contribution in [0.3, 0.4) is 0 Å². The Morgan fingerprint density at radius 1 is 1.06 bits per heavy atom. The lowest BCUT2D eigenvalue weighted by molar-refractivity contribution is 1.12. The predicted molar refractivity (Wildman–Crippen MR) is 71.2 cm³/mol. The molecule has 2 rings (SSSR count). The van der Waals surface area contributed by atoms with Crippen molar-refractivity contribution in [1.82, 2.24) is 9.97 Å².